The summed E-state index contributed by atoms with van der Waals surface area (Å²) in [5, 5.41) is 0.399. The number of unbranched alkanes of at least 4 members (excludes halogenated alkanes) is 1. The van der Waals surface area contributed by atoms with Gasteiger partial charge in [0.1, 0.15) is 11.6 Å². The molecule has 1 aliphatic rings. The van der Waals surface area contributed by atoms with Crippen LogP contribution in [-0.4, -0.2) is 60.2 Å². The Morgan fingerprint density at radius 2 is 1.81 bits per heavy atom. The molecule has 1 amide bonds. The van der Waals surface area contributed by atoms with Crippen LogP contribution in [0.2, 0.25) is 5.02 Å². The zero-order valence-corrected chi connectivity index (χ0v) is 19.5. The summed E-state index contributed by atoms with van der Waals surface area (Å²) in [7, 11) is 0. The fourth-order valence-electron chi connectivity index (χ4n) is 3.59. The molecule has 1 fully saturated rings. The van der Waals surface area contributed by atoms with Crippen molar-refractivity contribution in [3.63, 3.8) is 0 Å². The van der Waals surface area contributed by atoms with Gasteiger partial charge in [0.2, 0.25) is 0 Å². The molecule has 0 saturated carbocycles. The molecule has 0 aliphatic carbocycles. The average Bonchev–Trinajstić information content (AvgIpc) is 2.74. The molecule has 1 saturated heterocycles. The van der Waals surface area contributed by atoms with Gasteiger partial charge in [0.15, 0.2) is 11.5 Å². The van der Waals surface area contributed by atoms with E-state index < -0.39 is 0 Å². The van der Waals surface area contributed by atoms with Crippen molar-refractivity contribution < 1.29 is 14.3 Å². The Morgan fingerprint density at radius 1 is 1.06 bits per heavy atom. The minimum Gasteiger partial charge on any atom is -0.490 e. The first kappa shape index (κ1) is 23.1. The maximum atomic E-state index is 13.2. The number of aryl methyl sites for hydroxylation is 2. The van der Waals surface area contributed by atoms with Crippen LogP contribution >= 0.6 is 11.6 Å². The van der Waals surface area contributed by atoms with E-state index in [2.05, 4.69) is 21.8 Å². The largest absolute Gasteiger partial charge is 0.490 e. The highest BCUT2D eigenvalue weighted by atomic mass is 35.5. The third-order valence-corrected chi connectivity index (χ3v) is 5.42. The van der Waals surface area contributed by atoms with Crippen molar-refractivity contribution in [2.45, 2.75) is 40.5 Å². The smallest absolute Gasteiger partial charge is 0.254 e. The van der Waals surface area contributed by atoms with Gasteiger partial charge in [-0.2, -0.15) is 0 Å². The Balaban J connectivity index is 1.71. The summed E-state index contributed by atoms with van der Waals surface area (Å²) in [5.41, 5.74) is 1.46. The van der Waals surface area contributed by atoms with E-state index in [4.69, 9.17) is 21.1 Å². The molecule has 0 unspecified atom stereocenters. The van der Waals surface area contributed by atoms with E-state index >= 15 is 0 Å². The molecule has 1 aliphatic heterocycles. The SMILES string of the molecule is CCCCOc1c(Cl)cc(C(=O)N2CCN(c3cc(C)nc(C)n3)CC2)cc1OCC. The first-order chi connectivity index (χ1) is 14.9. The Hall–Kier alpha value is -2.54. The van der Waals surface area contributed by atoms with E-state index in [9.17, 15) is 4.79 Å². The molecule has 2 heterocycles. The highest BCUT2D eigenvalue weighted by molar-refractivity contribution is 6.32. The van der Waals surface area contributed by atoms with E-state index in [1.165, 1.54) is 0 Å². The second-order valence-corrected chi connectivity index (χ2v) is 8.02. The molecule has 1 aromatic heterocycles. The van der Waals surface area contributed by atoms with Gasteiger partial charge < -0.3 is 19.3 Å². The molecule has 0 N–H and O–H groups in total. The predicted octanol–water partition coefficient (Wildman–Crippen LogP) is 4.29. The summed E-state index contributed by atoms with van der Waals surface area (Å²) < 4.78 is 11.5. The fraction of sp³-hybridized carbons (Fsp3) is 0.522. The number of halogens is 1. The Bertz CT molecular complexity index is 894. The van der Waals surface area contributed by atoms with Gasteiger partial charge >= 0.3 is 0 Å². The van der Waals surface area contributed by atoms with Crippen LogP contribution in [0.1, 0.15) is 48.6 Å². The number of ether oxygens (including phenoxy) is 2. The zero-order chi connectivity index (χ0) is 22.4. The van der Waals surface area contributed by atoms with Crippen molar-refractivity contribution in [2.75, 3.05) is 44.3 Å². The van der Waals surface area contributed by atoms with E-state index in [0.29, 0.717) is 61.5 Å². The first-order valence-corrected chi connectivity index (χ1v) is 11.3. The monoisotopic (exact) mass is 446 g/mol. The van der Waals surface area contributed by atoms with Crippen molar-refractivity contribution in [3.05, 3.63) is 40.3 Å². The number of hydrogen-bond donors (Lipinski definition) is 0. The highest BCUT2D eigenvalue weighted by Crippen LogP contribution is 2.37. The molecule has 3 rings (SSSR count). The molecular weight excluding hydrogens is 416 g/mol. The van der Waals surface area contributed by atoms with Gasteiger partial charge in [0.05, 0.1) is 18.2 Å². The first-order valence-electron chi connectivity index (χ1n) is 10.9. The van der Waals surface area contributed by atoms with Gasteiger partial charge in [-0.1, -0.05) is 24.9 Å². The van der Waals surface area contributed by atoms with Crippen molar-refractivity contribution in [3.8, 4) is 11.5 Å². The van der Waals surface area contributed by atoms with Crippen LogP contribution in [0.5, 0.6) is 11.5 Å². The molecule has 0 atom stereocenters. The number of nitrogens with zero attached hydrogens (tertiary/aromatic N) is 4. The maximum absolute atomic E-state index is 13.2. The number of aromatic nitrogens is 2. The minimum absolute atomic E-state index is 0.0577. The van der Waals surface area contributed by atoms with Crippen LogP contribution in [0.4, 0.5) is 5.82 Å². The molecule has 31 heavy (non-hydrogen) atoms. The Labute approximate surface area is 189 Å². The van der Waals surface area contributed by atoms with Crippen LogP contribution in [0, 0.1) is 13.8 Å². The lowest BCUT2D eigenvalue weighted by Gasteiger charge is -2.35. The van der Waals surface area contributed by atoms with E-state index in [-0.39, 0.29) is 5.91 Å². The van der Waals surface area contributed by atoms with Crippen molar-refractivity contribution in [1.82, 2.24) is 14.9 Å². The Morgan fingerprint density at radius 3 is 2.45 bits per heavy atom. The molecule has 168 valence electrons. The number of carbonyl (C=O) groups excluding carboxylic acids is 1. The normalized spacial score (nSPS) is 14.0. The lowest BCUT2D eigenvalue weighted by molar-refractivity contribution is 0.0746. The van der Waals surface area contributed by atoms with Crippen LogP contribution in [0.15, 0.2) is 18.2 Å². The number of anilines is 1. The van der Waals surface area contributed by atoms with Crippen LogP contribution in [0.25, 0.3) is 0 Å². The van der Waals surface area contributed by atoms with Crippen LogP contribution in [0.3, 0.4) is 0 Å². The van der Waals surface area contributed by atoms with E-state index in [1.807, 2.05) is 31.7 Å². The zero-order valence-electron chi connectivity index (χ0n) is 18.8. The van der Waals surface area contributed by atoms with Crippen LogP contribution < -0.4 is 14.4 Å². The topological polar surface area (TPSA) is 67.8 Å². The molecule has 0 radical (unpaired) electrons. The number of piperazine rings is 1. The molecule has 8 heteroatoms. The highest BCUT2D eigenvalue weighted by Gasteiger charge is 2.25. The number of carbonyl (C=O) groups is 1. The summed E-state index contributed by atoms with van der Waals surface area (Å²) in [5.74, 6) is 2.63. The third kappa shape index (κ3) is 5.79. The third-order valence-electron chi connectivity index (χ3n) is 5.14. The molecule has 0 spiro atoms. The molecule has 7 nitrogen and oxygen atoms in total. The lowest BCUT2D eigenvalue weighted by Crippen LogP contribution is -2.49. The summed E-state index contributed by atoms with van der Waals surface area (Å²) in [6.07, 6.45) is 1.95. The van der Waals surface area contributed by atoms with Gasteiger partial charge in [-0.15, -0.1) is 0 Å². The van der Waals surface area contributed by atoms with Gasteiger partial charge in [-0.05, 0) is 39.3 Å². The fourth-order valence-corrected chi connectivity index (χ4v) is 3.86. The van der Waals surface area contributed by atoms with Gasteiger partial charge in [-0.3, -0.25) is 4.79 Å². The number of rotatable bonds is 8. The maximum Gasteiger partial charge on any atom is 0.254 e. The van der Waals surface area contributed by atoms with Gasteiger partial charge in [0.25, 0.3) is 5.91 Å². The van der Waals surface area contributed by atoms with Crippen molar-refractivity contribution >= 4 is 23.3 Å². The lowest BCUT2D eigenvalue weighted by atomic mass is 10.1. The van der Waals surface area contributed by atoms with E-state index in [1.54, 1.807) is 12.1 Å². The standard InChI is InChI=1S/C23H31ClN4O3/c1-5-7-12-31-22-19(24)14-18(15-20(22)30-6-2)23(29)28-10-8-27(9-11-28)21-13-16(3)25-17(4)26-21/h13-15H,5-12H2,1-4H3. The summed E-state index contributed by atoms with van der Waals surface area (Å²) in [4.78, 5) is 26.1. The average molecular weight is 447 g/mol. The van der Waals surface area contributed by atoms with Crippen LogP contribution in [-0.2, 0) is 0 Å². The molecule has 2 aromatic rings. The van der Waals surface area contributed by atoms with Gasteiger partial charge in [0, 0.05) is 43.5 Å². The van der Waals surface area contributed by atoms with Gasteiger partial charge in [-0.25, -0.2) is 9.97 Å². The van der Waals surface area contributed by atoms with Crippen molar-refractivity contribution in [2.24, 2.45) is 0 Å². The summed E-state index contributed by atoms with van der Waals surface area (Å²) in [6.45, 7) is 11.5. The number of hydrogen-bond acceptors (Lipinski definition) is 6. The summed E-state index contributed by atoms with van der Waals surface area (Å²) >= 11 is 6.47. The number of amides is 1. The minimum atomic E-state index is -0.0577. The molecule has 0 bridgehead atoms. The second kappa shape index (κ2) is 10.7. The predicted molar refractivity (Wildman–Crippen MR) is 123 cm³/mol. The summed E-state index contributed by atoms with van der Waals surface area (Å²) in [6, 6.07) is 5.40. The van der Waals surface area contributed by atoms with E-state index in [0.717, 1.165) is 30.2 Å². The molecular formula is C23H31ClN4O3. The number of benzene rings is 1. The Kier molecular flexibility index (Phi) is 7.96. The molecule has 1 aromatic carbocycles. The second-order valence-electron chi connectivity index (χ2n) is 7.61. The van der Waals surface area contributed by atoms with Crippen molar-refractivity contribution in [1.29, 1.82) is 0 Å². The quantitative estimate of drug-likeness (QED) is 0.563.